The van der Waals surface area contributed by atoms with E-state index in [4.69, 9.17) is 19.2 Å². The van der Waals surface area contributed by atoms with E-state index in [1.54, 1.807) is 24.9 Å². The van der Waals surface area contributed by atoms with Crippen LogP contribution in [0.1, 0.15) is 108 Å². The summed E-state index contributed by atoms with van der Waals surface area (Å²) in [6.45, 7) is 10.5. The molecule has 11 rings (SSSR count). The molecule has 0 bridgehead atoms. The van der Waals surface area contributed by atoms with Gasteiger partial charge >= 0.3 is 5.97 Å². The molecule has 6 heterocycles. The summed E-state index contributed by atoms with van der Waals surface area (Å²) in [7, 11) is 3.32. The maximum Gasteiger partial charge on any atom is 0.358 e. The van der Waals surface area contributed by atoms with Gasteiger partial charge in [0, 0.05) is 43.1 Å². The molecule has 4 aromatic carbocycles. The number of carbonyl (C=O) groups is 5. The van der Waals surface area contributed by atoms with Crippen molar-refractivity contribution in [3.05, 3.63) is 119 Å². The lowest BCUT2D eigenvalue weighted by atomic mass is 9.61. The van der Waals surface area contributed by atoms with Gasteiger partial charge in [-0.1, -0.05) is 41.7 Å². The average molecular weight is 1040 g/mol. The molecule has 3 N–H and O–H groups in total. The van der Waals surface area contributed by atoms with Crippen LogP contribution in [0.4, 0.5) is 16.6 Å². The highest BCUT2D eigenvalue weighted by molar-refractivity contribution is 7.22. The molecule has 4 amide bonds. The maximum atomic E-state index is 14.0. The first-order chi connectivity index (χ1) is 36.5. The molecule has 1 saturated carbocycles. The highest BCUT2D eigenvalue weighted by atomic mass is 32.1. The largest absolute Gasteiger partial charge is 0.492 e. The van der Waals surface area contributed by atoms with E-state index in [1.807, 2.05) is 100 Å². The molecule has 1 spiro atoms. The van der Waals surface area contributed by atoms with Gasteiger partial charge in [-0.25, -0.2) is 14.8 Å². The van der Waals surface area contributed by atoms with E-state index in [9.17, 15) is 24.0 Å². The third-order valence-electron chi connectivity index (χ3n) is 15.3. The number of benzene rings is 4. The Morgan fingerprint density at radius 3 is 2.43 bits per heavy atom. The number of esters is 1. The van der Waals surface area contributed by atoms with Crippen molar-refractivity contribution in [3.63, 3.8) is 0 Å². The number of aromatic nitrogens is 4. The Balaban J connectivity index is 0.715. The van der Waals surface area contributed by atoms with E-state index < -0.39 is 17.5 Å². The van der Waals surface area contributed by atoms with E-state index in [0.29, 0.717) is 70.7 Å². The van der Waals surface area contributed by atoms with Crippen molar-refractivity contribution in [2.75, 3.05) is 48.8 Å². The Hall–Kier alpha value is -7.70. The molecule has 3 aromatic heterocycles. The summed E-state index contributed by atoms with van der Waals surface area (Å²) < 4.78 is 21.0. The number of nitrogens with one attached hydrogen (secondary N) is 3. The monoisotopic (exact) mass is 1040 g/mol. The standard InChI is InChI=1S/C58H61N9O8S/c1-33-28-35(74-36-29-58(30-36)23-26-66(27-24-58)32-48(69)59-44-19-16-40-49(41-18-21-47(68)62-54(41)71)64-65(5)51(40)52(44)73-6)14-15-37(33)38-17-20-46(61-50(38)55(72)75-57(2,3)4)67-25-22-34-10-9-11-39(42(34)31-67)53(70)63-56-60-43-12-7-8-13-45(43)76-56/h7-17,19-20,28,36,41H,18,21-27,29-32H2,1-6H3,(H,59,69)(H,60,63,70)(H,62,68,71). The van der Waals surface area contributed by atoms with Gasteiger partial charge < -0.3 is 24.4 Å². The van der Waals surface area contributed by atoms with Crippen LogP contribution >= 0.6 is 11.3 Å². The van der Waals surface area contributed by atoms with E-state index in [-0.39, 0.29) is 53.8 Å². The lowest BCUT2D eigenvalue weighted by molar-refractivity contribution is -0.134. The average Bonchev–Trinajstić information content (AvgIpc) is 3.96. The molecule has 18 heteroatoms. The number of carbonyl (C=O) groups excluding carboxylic acids is 5. The van der Waals surface area contributed by atoms with Gasteiger partial charge in [0.1, 0.15) is 22.7 Å². The lowest BCUT2D eigenvalue weighted by Gasteiger charge is -2.51. The van der Waals surface area contributed by atoms with Gasteiger partial charge in [-0.05, 0) is 162 Å². The second kappa shape index (κ2) is 20.1. The van der Waals surface area contributed by atoms with Crippen molar-refractivity contribution in [1.82, 2.24) is 30.0 Å². The summed E-state index contributed by atoms with van der Waals surface area (Å²) in [5.41, 5.74) is 7.26. The van der Waals surface area contributed by atoms with Crippen molar-refractivity contribution >= 4 is 78.7 Å². The minimum atomic E-state index is -0.749. The number of para-hydroxylation sites is 1. The fourth-order valence-electron chi connectivity index (χ4n) is 11.5. The molecule has 2 saturated heterocycles. The normalized spacial score (nSPS) is 17.8. The first-order valence-electron chi connectivity index (χ1n) is 25.9. The number of imide groups is 1. The Bertz CT molecular complexity index is 3440. The molecule has 3 fully saturated rings. The van der Waals surface area contributed by atoms with Crippen LogP contribution in [0.5, 0.6) is 11.5 Å². The van der Waals surface area contributed by atoms with Gasteiger partial charge in [-0.2, -0.15) is 5.10 Å². The molecule has 392 valence electrons. The number of anilines is 3. The fraction of sp³-hybridized carbons (Fsp3) is 0.379. The molecule has 3 aliphatic heterocycles. The zero-order chi connectivity index (χ0) is 53.0. The highest BCUT2D eigenvalue weighted by Crippen LogP contribution is 2.51. The molecule has 4 aliphatic rings. The van der Waals surface area contributed by atoms with E-state index >= 15 is 0 Å². The highest BCUT2D eigenvalue weighted by Gasteiger charge is 2.47. The number of piperidine rings is 2. The second-order valence-electron chi connectivity index (χ2n) is 21.6. The summed E-state index contributed by atoms with van der Waals surface area (Å²) in [6.07, 6.45) is 5.19. The third-order valence-corrected chi connectivity index (χ3v) is 16.2. The van der Waals surface area contributed by atoms with Crippen molar-refractivity contribution in [3.8, 4) is 22.6 Å². The van der Waals surface area contributed by atoms with Gasteiger partial charge in [0.25, 0.3) is 5.91 Å². The molecular formula is C58H61N9O8S. The number of hydrogen-bond acceptors (Lipinski definition) is 14. The van der Waals surface area contributed by atoms with Gasteiger partial charge in [-0.3, -0.25) is 39.4 Å². The molecule has 1 aliphatic carbocycles. The van der Waals surface area contributed by atoms with E-state index in [1.165, 1.54) is 11.3 Å². The van der Waals surface area contributed by atoms with Crippen LogP contribution in [-0.2, 0) is 39.1 Å². The summed E-state index contributed by atoms with van der Waals surface area (Å²) in [5, 5.41) is 14.4. The molecule has 17 nitrogen and oxygen atoms in total. The summed E-state index contributed by atoms with van der Waals surface area (Å²) in [4.78, 5) is 79.7. The van der Waals surface area contributed by atoms with Crippen molar-refractivity contribution < 1.29 is 38.2 Å². The van der Waals surface area contributed by atoms with Gasteiger partial charge in [0.15, 0.2) is 16.6 Å². The third kappa shape index (κ3) is 10.1. The predicted octanol–water partition coefficient (Wildman–Crippen LogP) is 9.11. The van der Waals surface area contributed by atoms with Gasteiger partial charge in [-0.15, -0.1) is 0 Å². The fourth-order valence-corrected chi connectivity index (χ4v) is 12.3. The number of likely N-dealkylation sites (tertiary alicyclic amines) is 1. The zero-order valence-corrected chi connectivity index (χ0v) is 44.4. The van der Waals surface area contributed by atoms with Crippen molar-refractivity contribution in [1.29, 1.82) is 0 Å². The topological polar surface area (TPSA) is 199 Å². The minimum Gasteiger partial charge on any atom is -0.492 e. The Morgan fingerprint density at radius 2 is 1.68 bits per heavy atom. The summed E-state index contributed by atoms with van der Waals surface area (Å²) in [5.74, 6) is -0.242. The first-order valence-corrected chi connectivity index (χ1v) is 26.8. The number of nitrogens with zero attached hydrogens (tertiary/aromatic N) is 6. The Labute approximate surface area is 444 Å². The number of hydrogen-bond donors (Lipinski definition) is 3. The van der Waals surface area contributed by atoms with Crippen LogP contribution in [0.3, 0.4) is 0 Å². The van der Waals surface area contributed by atoms with Crippen LogP contribution in [0.25, 0.3) is 32.2 Å². The van der Waals surface area contributed by atoms with Crippen molar-refractivity contribution in [2.45, 2.75) is 96.8 Å². The quantitative estimate of drug-likeness (QED) is 0.0774. The van der Waals surface area contributed by atoms with E-state index in [0.717, 1.165) is 82.4 Å². The summed E-state index contributed by atoms with van der Waals surface area (Å²) >= 11 is 1.44. The maximum absolute atomic E-state index is 14.0. The number of aryl methyl sites for hydroxylation is 2. The van der Waals surface area contributed by atoms with Crippen LogP contribution in [0, 0.1) is 12.3 Å². The number of methoxy groups -OCH3 is 1. The number of amides is 4. The first kappa shape index (κ1) is 50.5. The molecule has 76 heavy (non-hydrogen) atoms. The minimum absolute atomic E-state index is 0.0667. The molecule has 0 radical (unpaired) electrons. The number of rotatable bonds is 12. The predicted molar refractivity (Wildman–Crippen MR) is 291 cm³/mol. The van der Waals surface area contributed by atoms with Crippen LogP contribution in [0.15, 0.2) is 84.9 Å². The number of ether oxygens (including phenoxy) is 3. The molecule has 1 atom stereocenters. The zero-order valence-electron chi connectivity index (χ0n) is 43.6. The van der Waals surface area contributed by atoms with Crippen LogP contribution < -0.4 is 30.3 Å². The molecule has 7 aromatic rings. The second-order valence-corrected chi connectivity index (χ2v) is 22.7. The van der Waals surface area contributed by atoms with Crippen LogP contribution in [0.2, 0.25) is 0 Å². The SMILES string of the molecule is COc1c(NC(=O)CN2CCC3(CC2)CC(Oc2ccc(-c4ccc(N5CCc6cccc(C(=O)Nc7nc8ccccc8s7)c6C5)nc4C(=O)OC(C)(C)C)c(C)c2)C3)ccc2c(C3CCC(=O)NC3=O)nn(C)c12. The van der Waals surface area contributed by atoms with Crippen LogP contribution in [-0.4, -0.2) is 99.2 Å². The van der Waals surface area contributed by atoms with Gasteiger partial charge in [0.05, 0.1) is 47.3 Å². The summed E-state index contributed by atoms with van der Waals surface area (Å²) in [6, 6.07) is 27.1. The number of thiazole rings is 1. The Morgan fingerprint density at radius 1 is 0.895 bits per heavy atom. The molecular weight excluding hydrogens is 983 g/mol. The number of fused-ring (bicyclic) bond motifs is 3. The Kier molecular flexibility index (Phi) is 13.3. The smallest absolute Gasteiger partial charge is 0.358 e. The number of pyridine rings is 1. The molecule has 1 unspecified atom stereocenters. The van der Waals surface area contributed by atoms with E-state index in [2.05, 4.69) is 41.9 Å². The lowest BCUT2D eigenvalue weighted by Crippen LogP contribution is -2.51. The van der Waals surface area contributed by atoms with Gasteiger partial charge in [0.2, 0.25) is 17.7 Å². The van der Waals surface area contributed by atoms with Crippen molar-refractivity contribution in [2.24, 2.45) is 12.5 Å².